The number of aromatic nitrogens is 1. The normalized spacial score (nSPS) is 17.2. The summed E-state index contributed by atoms with van der Waals surface area (Å²) >= 11 is 4.48. The quantitative estimate of drug-likeness (QED) is 0.481. The first kappa shape index (κ1) is 23.6. The summed E-state index contributed by atoms with van der Waals surface area (Å²) in [5.41, 5.74) is 0.181. The van der Waals surface area contributed by atoms with Crippen LogP contribution in [0, 0.1) is 12.7 Å². The second-order valence-corrected chi connectivity index (χ2v) is 9.39. The van der Waals surface area contributed by atoms with Crippen molar-refractivity contribution < 1.29 is 23.1 Å². The summed E-state index contributed by atoms with van der Waals surface area (Å²) in [7, 11) is 0. The number of carboxylic acid groups (broad SMARTS) is 1. The molecule has 1 atom stereocenters. The molecule has 3 aromatic rings. The van der Waals surface area contributed by atoms with Crippen LogP contribution in [0.1, 0.15) is 34.2 Å². The lowest BCUT2D eigenvalue weighted by atomic mass is 10.1. The van der Waals surface area contributed by atoms with E-state index in [9.17, 15) is 23.9 Å². The molecule has 2 aliphatic rings. The van der Waals surface area contributed by atoms with Crippen LogP contribution in [0.3, 0.4) is 0 Å². The lowest BCUT2D eigenvalue weighted by Crippen LogP contribution is -2.44. The highest BCUT2D eigenvalue weighted by molar-refractivity contribution is 9.08. The summed E-state index contributed by atoms with van der Waals surface area (Å²) in [6.45, 7) is 6.55. The largest absolute Gasteiger partial charge is 0.519 e. The fourth-order valence-corrected chi connectivity index (χ4v) is 5.53. The number of carboxylic acids is 1. The van der Waals surface area contributed by atoms with E-state index in [0.717, 1.165) is 13.1 Å². The number of piperazine rings is 1. The molecule has 33 heavy (non-hydrogen) atoms. The number of carbonyl (C=O) groups is 1. The van der Waals surface area contributed by atoms with Gasteiger partial charge in [-0.1, -0.05) is 27.7 Å². The third-order valence-electron chi connectivity index (χ3n) is 5.50. The Hall–Kier alpha value is -2.57. The summed E-state index contributed by atoms with van der Waals surface area (Å²) < 4.78 is 25.6. The van der Waals surface area contributed by atoms with E-state index < -0.39 is 23.0 Å². The summed E-state index contributed by atoms with van der Waals surface area (Å²) in [5.74, 6) is -1.30. The molecule has 0 saturated carbocycles. The molecule has 2 aliphatic heterocycles. The maximum absolute atomic E-state index is 14.6. The van der Waals surface area contributed by atoms with E-state index in [1.54, 1.807) is 13.0 Å². The second-order valence-electron chi connectivity index (χ2n) is 7.53. The van der Waals surface area contributed by atoms with Crippen LogP contribution in [-0.4, -0.2) is 41.8 Å². The number of aryl methyl sites for hydroxylation is 1. The molecule has 5 rings (SSSR count). The third kappa shape index (κ3) is 4.34. The lowest BCUT2D eigenvalue weighted by molar-refractivity contribution is 0.0689. The predicted molar refractivity (Wildman–Crippen MR) is 125 cm³/mol. The van der Waals surface area contributed by atoms with E-state index in [1.807, 2.05) is 16.4 Å². The van der Waals surface area contributed by atoms with Crippen molar-refractivity contribution in [2.45, 2.75) is 29.6 Å². The zero-order valence-electron chi connectivity index (χ0n) is 17.8. The first-order valence-electron chi connectivity index (χ1n) is 10.2. The van der Waals surface area contributed by atoms with Crippen molar-refractivity contribution in [3.8, 4) is 0 Å². The number of nitrogens with zero attached hydrogens (tertiary/aromatic N) is 2. The van der Waals surface area contributed by atoms with E-state index >= 15 is 0 Å². The zero-order valence-corrected chi connectivity index (χ0v) is 20.2. The molecule has 1 aromatic carbocycles. The Balaban J connectivity index is 0.000000243. The van der Waals surface area contributed by atoms with Crippen LogP contribution in [0.15, 0.2) is 35.6 Å². The van der Waals surface area contributed by atoms with Crippen LogP contribution in [0.2, 0.25) is 0 Å². The van der Waals surface area contributed by atoms with Crippen molar-refractivity contribution in [1.29, 1.82) is 0 Å². The molecule has 0 aliphatic carbocycles. The van der Waals surface area contributed by atoms with Gasteiger partial charge >= 0.3 is 11.8 Å². The molecule has 0 radical (unpaired) electrons. The number of benzene rings is 1. The van der Waals surface area contributed by atoms with Crippen molar-refractivity contribution in [3.05, 3.63) is 55.9 Å². The van der Waals surface area contributed by atoms with E-state index in [1.165, 1.54) is 17.8 Å². The van der Waals surface area contributed by atoms with Gasteiger partial charge in [0.15, 0.2) is 5.76 Å². The molecule has 2 aromatic heterocycles. The highest BCUT2D eigenvalue weighted by atomic mass is 79.9. The molecular weight excluding hydrogens is 521 g/mol. The van der Waals surface area contributed by atoms with E-state index in [4.69, 9.17) is 0 Å². The van der Waals surface area contributed by atoms with Crippen LogP contribution >= 0.6 is 27.7 Å². The SMILES string of the molecule is CC1Sc2c(C(=O)O)c(=O)c3cc(F)c(N4CCNCC4)cc3n21.Cc1oc(=O)oc1CBr. The van der Waals surface area contributed by atoms with Crippen LogP contribution in [-0.2, 0) is 5.33 Å². The van der Waals surface area contributed by atoms with Crippen molar-refractivity contribution in [1.82, 2.24) is 9.88 Å². The van der Waals surface area contributed by atoms with Gasteiger partial charge in [0.2, 0.25) is 5.43 Å². The van der Waals surface area contributed by atoms with Gasteiger partial charge in [-0.25, -0.2) is 14.0 Å². The Labute approximate surface area is 199 Å². The zero-order chi connectivity index (χ0) is 23.9. The highest BCUT2D eigenvalue weighted by Crippen LogP contribution is 2.46. The van der Waals surface area contributed by atoms with E-state index in [-0.39, 0.29) is 16.3 Å². The molecule has 4 heterocycles. The van der Waals surface area contributed by atoms with Gasteiger partial charge in [0.05, 0.1) is 26.9 Å². The monoisotopic (exact) mass is 541 g/mol. The summed E-state index contributed by atoms with van der Waals surface area (Å²) in [4.78, 5) is 36.2. The number of hydrogen-bond acceptors (Lipinski definition) is 8. The molecule has 1 fully saturated rings. The van der Waals surface area contributed by atoms with Gasteiger partial charge in [-0.05, 0) is 26.0 Å². The number of nitrogens with one attached hydrogen (secondary N) is 1. The average molecular weight is 542 g/mol. The van der Waals surface area contributed by atoms with Gasteiger partial charge in [-0.15, -0.1) is 0 Å². The first-order valence-corrected chi connectivity index (χ1v) is 12.2. The Morgan fingerprint density at radius 2 is 2.00 bits per heavy atom. The average Bonchev–Trinajstić information content (AvgIpc) is 3.11. The fraction of sp³-hybridized carbons (Fsp3) is 0.381. The Kier molecular flexibility index (Phi) is 6.68. The first-order chi connectivity index (χ1) is 15.7. The molecule has 1 unspecified atom stereocenters. The predicted octanol–water partition coefficient (Wildman–Crippen LogP) is 3.31. The Bertz CT molecular complexity index is 1340. The molecule has 176 valence electrons. The number of aromatic carboxylic acids is 1. The number of anilines is 1. The van der Waals surface area contributed by atoms with Crippen LogP contribution in [0.25, 0.3) is 10.9 Å². The topological polar surface area (TPSA) is 118 Å². The van der Waals surface area contributed by atoms with Gasteiger partial charge < -0.3 is 28.7 Å². The van der Waals surface area contributed by atoms with Crippen molar-refractivity contribution in [3.63, 3.8) is 0 Å². The second kappa shape index (κ2) is 9.35. The number of hydrogen-bond donors (Lipinski definition) is 2. The molecule has 2 N–H and O–H groups in total. The molecule has 0 bridgehead atoms. The molecule has 0 amide bonds. The number of pyridine rings is 1. The van der Waals surface area contributed by atoms with Gasteiger partial charge in [0, 0.05) is 31.6 Å². The minimum atomic E-state index is -1.27. The van der Waals surface area contributed by atoms with Crippen LogP contribution < -0.4 is 21.5 Å². The molecule has 1 saturated heterocycles. The van der Waals surface area contributed by atoms with E-state index in [2.05, 4.69) is 30.1 Å². The van der Waals surface area contributed by atoms with Crippen LogP contribution in [0.4, 0.5) is 10.1 Å². The Morgan fingerprint density at radius 3 is 2.52 bits per heavy atom. The summed E-state index contributed by atoms with van der Waals surface area (Å²) in [6.07, 6.45) is 0. The molecule has 9 nitrogen and oxygen atoms in total. The maximum atomic E-state index is 14.6. The van der Waals surface area contributed by atoms with Gasteiger partial charge in [0.25, 0.3) is 0 Å². The molecular formula is C21H21BrFN3O6S. The number of thioether (sulfide) groups is 1. The fourth-order valence-electron chi connectivity index (χ4n) is 3.87. The number of halogens is 2. The third-order valence-corrected chi connectivity index (χ3v) is 7.19. The van der Waals surface area contributed by atoms with Crippen molar-refractivity contribution in [2.75, 3.05) is 31.1 Å². The van der Waals surface area contributed by atoms with Gasteiger partial charge in [-0.3, -0.25) is 4.79 Å². The Morgan fingerprint density at radius 1 is 1.30 bits per heavy atom. The van der Waals surface area contributed by atoms with Crippen LogP contribution in [0.5, 0.6) is 0 Å². The number of rotatable bonds is 3. The van der Waals surface area contributed by atoms with Gasteiger partial charge in [0.1, 0.15) is 17.1 Å². The van der Waals surface area contributed by atoms with Gasteiger partial charge in [-0.2, -0.15) is 0 Å². The standard InChI is InChI=1S/C16H16FN3O3S.C5H5BrO3/c1-8-20-11-7-12(19-4-2-18-3-5-19)10(17)6-9(11)14(21)13(16(22)23)15(20)24-8;1-3-4(2-6)9-5(7)8-3/h6-8,18H,2-5H2,1H3,(H,22,23);2H2,1H3. The van der Waals surface area contributed by atoms with Crippen molar-refractivity contribution >= 4 is 50.3 Å². The van der Waals surface area contributed by atoms with E-state index in [0.29, 0.717) is 46.2 Å². The lowest BCUT2D eigenvalue weighted by Gasteiger charge is -2.34. The number of alkyl halides is 1. The minimum Gasteiger partial charge on any atom is -0.477 e. The molecule has 0 spiro atoms. The minimum absolute atomic E-state index is 0.0162. The maximum Gasteiger partial charge on any atom is 0.519 e. The van der Waals surface area contributed by atoms with Crippen molar-refractivity contribution in [2.24, 2.45) is 0 Å². The smallest absolute Gasteiger partial charge is 0.477 e. The molecule has 12 heteroatoms. The summed E-state index contributed by atoms with van der Waals surface area (Å²) in [6, 6.07) is 2.87. The number of fused-ring (bicyclic) bond motifs is 3. The highest BCUT2D eigenvalue weighted by Gasteiger charge is 2.33. The summed E-state index contributed by atoms with van der Waals surface area (Å²) in [5, 5.41) is 13.7.